The monoisotopic (exact) mass is 351 g/mol. The second-order valence-corrected chi connectivity index (χ2v) is 6.39. The highest BCUT2D eigenvalue weighted by Gasteiger charge is 2.16. The van der Waals surface area contributed by atoms with Crippen molar-refractivity contribution in [3.63, 3.8) is 0 Å². The molecule has 1 aromatic heterocycles. The molecule has 0 aliphatic carbocycles. The molecule has 0 atom stereocenters. The fraction of sp³-hybridized carbons (Fsp3) is 0.286. The molecule has 0 unspecified atom stereocenters. The Kier molecular flexibility index (Phi) is 5.16. The molecule has 0 saturated heterocycles. The highest BCUT2D eigenvalue weighted by Crippen LogP contribution is 2.39. The average Bonchev–Trinajstić information content (AvgIpc) is 2.64. The number of nitrogens with zero attached hydrogens (tertiary/aromatic N) is 1. The highest BCUT2D eigenvalue weighted by molar-refractivity contribution is 5.97. The van der Waals surface area contributed by atoms with E-state index in [9.17, 15) is 5.11 Å². The molecule has 0 fully saturated rings. The summed E-state index contributed by atoms with van der Waals surface area (Å²) in [5.41, 5.74) is 10.3. The van der Waals surface area contributed by atoms with Crippen LogP contribution in [0.2, 0.25) is 0 Å². The Morgan fingerprint density at radius 1 is 1.15 bits per heavy atom. The Morgan fingerprint density at radius 3 is 2.62 bits per heavy atom. The van der Waals surface area contributed by atoms with Crippen molar-refractivity contribution >= 4 is 28.0 Å². The largest absolute Gasteiger partial charge is 0.508 e. The second kappa shape index (κ2) is 7.52. The molecule has 136 valence electrons. The topological polar surface area (TPSA) is 80.4 Å². The van der Waals surface area contributed by atoms with Gasteiger partial charge in [0.15, 0.2) is 5.75 Å². The van der Waals surface area contributed by atoms with Crippen LogP contribution >= 0.6 is 0 Å². The molecule has 0 saturated carbocycles. The highest BCUT2D eigenvalue weighted by atomic mass is 16.5. The number of hydrogen-bond donors (Lipinski definition) is 3. The van der Waals surface area contributed by atoms with Crippen molar-refractivity contribution in [3.05, 3.63) is 48.2 Å². The summed E-state index contributed by atoms with van der Waals surface area (Å²) < 4.78 is 5.53. The van der Waals surface area contributed by atoms with Crippen molar-refractivity contribution in [2.75, 3.05) is 18.2 Å². The summed E-state index contributed by atoms with van der Waals surface area (Å²) in [4.78, 5) is 4.43. The van der Waals surface area contributed by atoms with Gasteiger partial charge in [-0.25, -0.2) is 0 Å². The Bertz CT molecular complexity index is 921. The minimum Gasteiger partial charge on any atom is -0.508 e. The summed E-state index contributed by atoms with van der Waals surface area (Å²) >= 11 is 0. The van der Waals surface area contributed by atoms with E-state index in [4.69, 9.17) is 10.5 Å². The third kappa shape index (κ3) is 3.38. The van der Waals surface area contributed by atoms with Crippen LogP contribution in [0, 0.1) is 0 Å². The lowest BCUT2D eigenvalue weighted by Crippen LogP contribution is -2.03. The van der Waals surface area contributed by atoms with Crippen molar-refractivity contribution in [1.82, 2.24) is 4.98 Å². The maximum absolute atomic E-state index is 9.97. The Balaban J connectivity index is 2.14. The van der Waals surface area contributed by atoms with Gasteiger partial charge in [-0.1, -0.05) is 13.8 Å². The van der Waals surface area contributed by atoms with E-state index in [0.717, 1.165) is 40.7 Å². The number of benzene rings is 2. The molecule has 0 radical (unpaired) electrons. The van der Waals surface area contributed by atoms with Gasteiger partial charge in [-0.05, 0) is 60.7 Å². The van der Waals surface area contributed by atoms with E-state index in [1.165, 1.54) is 0 Å². The molecule has 0 bridgehead atoms. The van der Waals surface area contributed by atoms with Gasteiger partial charge in [0.1, 0.15) is 5.75 Å². The average molecular weight is 351 g/mol. The number of nitrogens with one attached hydrogen (secondary N) is 1. The predicted molar refractivity (Wildman–Crippen MR) is 107 cm³/mol. The van der Waals surface area contributed by atoms with E-state index in [0.29, 0.717) is 17.4 Å². The van der Waals surface area contributed by atoms with Crippen LogP contribution in [-0.2, 0) is 0 Å². The van der Waals surface area contributed by atoms with Gasteiger partial charge in [0.05, 0.1) is 24.5 Å². The molecule has 5 heteroatoms. The number of nitrogens with two attached hydrogens (primary N) is 1. The Morgan fingerprint density at radius 2 is 1.92 bits per heavy atom. The van der Waals surface area contributed by atoms with Crippen LogP contribution in [0.1, 0.15) is 38.2 Å². The maximum Gasteiger partial charge on any atom is 0.161 e. The number of nitrogen functional groups attached to an aromatic ring is 1. The third-order valence-electron chi connectivity index (χ3n) is 4.80. The molecular formula is C21H25N3O2. The molecule has 0 aliphatic heterocycles. The second-order valence-electron chi connectivity index (χ2n) is 6.39. The van der Waals surface area contributed by atoms with Crippen LogP contribution in [-0.4, -0.2) is 17.2 Å². The summed E-state index contributed by atoms with van der Waals surface area (Å²) in [7, 11) is 1.63. The zero-order chi connectivity index (χ0) is 18.7. The van der Waals surface area contributed by atoms with Gasteiger partial charge in [0, 0.05) is 16.8 Å². The van der Waals surface area contributed by atoms with Gasteiger partial charge in [-0.15, -0.1) is 0 Å². The van der Waals surface area contributed by atoms with Gasteiger partial charge >= 0.3 is 0 Å². The van der Waals surface area contributed by atoms with E-state index < -0.39 is 0 Å². The van der Waals surface area contributed by atoms with Crippen molar-refractivity contribution in [2.45, 2.75) is 32.6 Å². The summed E-state index contributed by atoms with van der Waals surface area (Å²) in [6.45, 7) is 4.32. The smallest absolute Gasteiger partial charge is 0.161 e. The van der Waals surface area contributed by atoms with Crippen LogP contribution in [0.25, 0.3) is 10.9 Å². The van der Waals surface area contributed by atoms with E-state index in [2.05, 4.69) is 24.1 Å². The molecule has 3 aromatic rings. The number of phenolic OH excluding ortho intramolecular Hbond substituents is 1. The van der Waals surface area contributed by atoms with Crippen LogP contribution in [0.3, 0.4) is 0 Å². The first-order valence-electron chi connectivity index (χ1n) is 8.89. The first-order chi connectivity index (χ1) is 12.6. The zero-order valence-corrected chi connectivity index (χ0v) is 15.4. The molecule has 1 heterocycles. The third-order valence-corrected chi connectivity index (χ3v) is 4.80. The molecule has 5 nitrogen and oxygen atoms in total. The van der Waals surface area contributed by atoms with Gasteiger partial charge in [-0.2, -0.15) is 0 Å². The lowest BCUT2D eigenvalue weighted by Gasteiger charge is -2.21. The molecule has 3 rings (SSSR count). The number of methoxy groups -OCH3 is 1. The van der Waals surface area contributed by atoms with Crippen molar-refractivity contribution in [2.24, 2.45) is 0 Å². The van der Waals surface area contributed by atoms with Gasteiger partial charge in [0.25, 0.3) is 0 Å². The number of pyridine rings is 1. The minimum atomic E-state index is 0.275. The van der Waals surface area contributed by atoms with E-state index >= 15 is 0 Å². The fourth-order valence-electron chi connectivity index (χ4n) is 3.34. The van der Waals surface area contributed by atoms with Crippen molar-refractivity contribution in [1.29, 1.82) is 0 Å². The summed E-state index contributed by atoms with van der Waals surface area (Å²) in [6.07, 6.45) is 3.69. The molecular weight excluding hydrogens is 326 g/mol. The number of anilines is 3. The van der Waals surface area contributed by atoms with Crippen LogP contribution < -0.4 is 15.8 Å². The van der Waals surface area contributed by atoms with Crippen molar-refractivity contribution < 1.29 is 9.84 Å². The number of fused-ring (bicyclic) bond motifs is 1. The number of ether oxygens (including phenoxy) is 1. The normalized spacial score (nSPS) is 11.1. The van der Waals surface area contributed by atoms with Crippen LogP contribution in [0.4, 0.5) is 17.1 Å². The molecule has 2 aromatic carbocycles. The van der Waals surface area contributed by atoms with E-state index in [1.807, 2.05) is 30.3 Å². The van der Waals surface area contributed by atoms with Gasteiger partial charge in [0.2, 0.25) is 0 Å². The molecule has 0 amide bonds. The molecule has 0 aliphatic rings. The molecule has 0 spiro atoms. The summed E-state index contributed by atoms with van der Waals surface area (Å²) in [5, 5.41) is 14.4. The summed E-state index contributed by atoms with van der Waals surface area (Å²) in [5.74, 6) is 1.29. The zero-order valence-electron chi connectivity index (χ0n) is 15.4. The Hall–Kier alpha value is -2.95. The first kappa shape index (κ1) is 17.9. The number of phenols is 1. The summed E-state index contributed by atoms with van der Waals surface area (Å²) in [6, 6.07) is 11.1. The predicted octanol–water partition coefficient (Wildman–Crippen LogP) is 5.18. The molecule has 26 heavy (non-hydrogen) atoms. The van der Waals surface area contributed by atoms with Crippen LogP contribution in [0.15, 0.2) is 42.6 Å². The quantitative estimate of drug-likeness (QED) is 0.421. The number of aromatic nitrogens is 1. The first-order valence-corrected chi connectivity index (χ1v) is 8.89. The lowest BCUT2D eigenvalue weighted by atomic mass is 9.92. The fourth-order valence-corrected chi connectivity index (χ4v) is 3.34. The number of aromatic hydroxyl groups is 1. The lowest BCUT2D eigenvalue weighted by molar-refractivity contribution is 0.415. The van der Waals surface area contributed by atoms with Crippen molar-refractivity contribution in [3.8, 4) is 11.5 Å². The SMILES string of the molecule is CCC(CC)c1cc(O)ccc1Nc1c(OC)cnc2cc(N)ccc12. The van der Waals surface area contributed by atoms with E-state index in [1.54, 1.807) is 19.4 Å². The maximum atomic E-state index is 9.97. The molecule has 4 N–H and O–H groups in total. The Labute approximate surface area is 153 Å². The minimum absolute atomic E-state index is 0.275. The number of rotatable bonds is 6. The van der Waals surface area contributed by atoms with Gasteiger partial charge < -0.3 is 20.9 Å². The standard InChI is InChI=1S/C21H25N3O2/c1-4-13(5-2)17-11-15(25)7-9-18(17)24-21-16-8-6-14(22)10-19(16)23-12-20(21)26-3/h6-13,25H,4-5,22H2,1-3H3,(H,23,24). The number of hydrogen-bond acceptors (Lipinski definition) is 5. The van der Waals surface area contributed by atoms with E-state index in [-0.39, 0.29) is 5.75 Å². The van der Waals surface area contributed by atoms with Gasteiger partial charge in [-0.3, -0.25) is 4.98 Å². The van der Waals surface area contributed by atoms with Crippen LogP contribution in [0.5, 0.6) is 11.5 Å².